The summed E-state index contributed by atoms with van der Waals surface area (Å²) in [6, 6.07) is 18.8. The maximum atomic E-state index is 13.8. The molecule has 1 saturated heterocycles. The molecule has 0 radical (unpaired) electrons. The molecule has 2 heterocycles. The molecule has 0 aliphatic carbocycles. The molecule has 29 heavy (non-hydrogen) atoms. The molecular weight excluding hydrogens is 367 g/mol. The van der Waals surface area contributed by atoms with Crippen molar-refractivity contribution in [2.75, 3.05) is 30.3 Å². The van der Waals surface area contributed by atoms with Gasteiger partial charge in [-0.25, -0.2) is 9.37 Å². The van der Waals surface area contributed by atoms with Crippen LogP contribution in [0, 0.1) is 5.82 Å². The van der Waals surface area contributed by atoms with E-state index < -0.39 is 0 Å². The molecule has 0 spiro atoms. The van der Waals surface area contributed by atoms with E-state index in [1.165, 1.54) is 6.07 Å². The van der Waals surface area contributed by atoms with E-state index in [9.17, 15) is 4.39 Å². The van der Waals surface area contributed by atoms with Crippen molar-refractivity contribution in [2.45, 2.75) is 25.4 Å². The van der Waals surface area contributed by atoms with Gasteiger partial charge in [0.05, 0.1) is 11.8 Å². The number of benzene rings is 2. The average Bonchev–Trinajstić information content (AvgIpc) is 3.28. The second-order valence-electron chi connectivity index (χ2n) is 7.11. The average molecular weight is 392 g/mol. The van der Waals surface area contributed by atoms with Crippen LogP contribution in [0.1, 0.15) is 18.4 Å². The van der Waals surface area contributed by atoms with E-state index in [0.717, 1.165) is 30.7 Å². The summed E-state index contributed by atoms with van der Waals surface area (Å²) in [5.74, 6) is 1.10. The van der Waals surface area contributed by atoms with E-state index in [-0.39, 0.29) is 11.9 Å². The highest BCUT2D eigenvalue weighted by molar-refractivity contribution is 5.64. The summed E-state index contributed by atoms with van der Waals surface area (Å²) in [7, 11) is 0. The van der Waals surface area contributed by atoms with Gasteiger partial charge in [0.25, 0.3) is 0 Å². The Balaban J connectivity index is 1.48. The Morgan fingerprint density at radius 1 is 1.00 bits per heavy atom. The van der Waals surface area contributed by atoms with Gasteiger partial charge in [-0.05, 0) is 30.9 Å². The molecule has 1 aliphatic rings. The maximum absolute atomic E-state index is 13.8. The lowest BCUT2D eigenvalue weighted by atomic mass is 10.1. The maximum Gasteiger partial charge on any atom is 0.225 e. The van der Waals surface area contributed by atoms with E-state index in [2.05, 4.69) is 20.6 Å². The van der Waals surface area contributed by atoms with Crippen LogP contribution in [0.25, 0.3) is 11.3 Å². The molecule has 3 aromatic rings. The van der Waals surface area contributed by atoms with E-state index in [1.807, 2.05) is 42.5 Å². The van der Waals surface area contributed by atoms with Crippen LogP contribution in [0.5, 0.6) is 0 Å². The number of anilines is 2. The van der Waals surface area contributed by atoms with Crippen molar-refractivity contribution in [3.63, 3.8) is 0 Å². The van der Waals surface area contributed by atoms with Crippen LogP contribution in [0.2, 0.25) is 0 Å². The fourth-order valence-electron chi connectivity index (χ4n) is 3.41. The fraction of sp³-hybridized carbons (Fsp3) is 0.304. The Morgan fingerprint density at radius 2 is 1.83 bits per heavy atom. The number of nitrogens with one attached hydrogen (secondary N) is 2. The number of aromatic nitrogens is 2. The van der Waals surface area contributed by atoms with E-state index in [4.69, 9.17) is 4.74 Å². The Bertz CT molecular complexity index is 929. The van der Waals surface area contributed by atoms with Gasteiger partial charge < -0.3 is 15.4 Å². The molecule has 0 saturated carbocycles. The zero-order chi connectivity index (χ0) is 19.9. The lowest BCUT2D eigenvalue weighted by Gasteiger charge is -2.14. The number of hydrogen-bond acceptors (Lipinski definition) is 5. The topological polar surface area (TPSA) is 59.1 Å². The van der Waals surface area contributed by atoms with Crippen LogP contribution in [-0.4, -0.2) is 35.8 Å². The largest absolute Gasteiger partial charge is 0.376 e. The first-order chi connectivity index (χ1) is 14.3. The third-order valence-corrected chi connectivity index (χ3v) is 4.97. The molecule has 6 heteroatoms. The normalized spacial score (nSPS) is 16.0. The summed E-state index contributed by atoms with van der Waals surface area (Å²) in [5, 5.41) is 6.62. The molecule has 4 rings (SSSR count). The van der Waals surface area contributed by atoms with Crippen LogP contribution in [0.15, 0.2) is 60.7 Å². The number of rotatable bonds is 8. The van der Waals surface area contributed by atoms with Crippen molar-refractivity contribution in [3.05, 3.63) is 72.0 Å². The molecule has 0 amide bonds. The summed E-state index contributed by atoms with van der Waals surface area (Å²) < 4.78 is 19.5. The van der Waals surface area contributed by atoms with Crippen LogP contribution >= 0.6 is 0 Å². The molecule has 2 aromatic carbocycles. The van der Waals surface area contributed by atoms with Gasteiger partial charge in [-0.3, -0.25) is 0 Å². The standard InChI is InChI=1S/C23H25FN4O/c24-20-11-5-4-7-17(20)12-13-25-22-15-21(18-8-2-1-3-9-18)27-23(28-22)26-16-19-10-6-14-29-19/h1-5,7-9,11,15,19H,6,10,12-14,16H2,(H2,25,26,27,28). The van der Waals surface area contributed by atoms with Crippen molar-refractivity contribution in [3.8, 4) is 11.3 Å². The van der Waals surface area contributed by atoms with Gasteiger partial charge in [0.1, 0.15) is 11.6 Å². The first kappa shape index (κ1) is 19.3. The van der Waals surface area contributed by atoms with Crippen molar-refractivity contribution in [1.82, 2.24) is 9.97 Å². The van der Waals surface area contributed by atoms with Crippen molar-refractivity contribution >= 4 is 11.8 Å². The number of hydrogen-bond donors (Lipinski definition) is 2. The molecule has 2 N–H and O–H groups in total. The van der Waals surface area contributed by atoms with Crippen LogP contribution in [0.4, 0.5) is 16.2 Å². The zero-order valence-corrected chi connectivity index (χ0v) is 16.3. The Kier molecular flexibility index (Phi) is 6.32. The summed E-state index contributed by atoms with van der Waals surface area (Å²) in [6.45, 7) is 2.09. The Labute approximate surface area is 170 Å². The number of ether oxygens (including phenoxy) is 1. The Hall–Kier alpha value is -2.99. The van der Waals surface area contributed by atoms with Crippen LogP contribution in [-0.2, 0) is 11.2 Å². The molecule has 5 nitrogen and oxygen atoms in total. The SMILES string of the molecule is Fc1ccccc1CCNc1cc(-c2ccccc2)nc(NCC2CCCO2)n1. The third kappa shape index (κ3) is 5.29. The lowest BCUT2D eigenvalue weighted by molar-refractivity contribution is 0.120. The molecule has 1 atom stereocenters. The van der Waals surface area contributed by atoms with Gasteiger partial charge in [-0.15, -0.1) is 0 Å². The van der Waals surface area contributed by atoms with Gasteiger partial charge in [0.2, 0.25) is 5.95 Å². The van der Waals surface area contributed by atoms with E-state index in [0.29, 0.717) is 36.8 Å². The first-order valence-corrected chi connectivity index (χ1v) is 10.1. The molecule has 0 bridgehead atoms. The fourth-order valence-corrected chi connectivity index (χ4v) is 3.41. The van der Waals surface area contributed by atoms with E-state index in [1.54, 1.807) is 12.1 Å². The molecule has 1 aliphatic heterocycles. The van der Waals surface area contributed by atoms with Gasteiger partial charge in [-0.2, -0.15) is 4.98 Å². The quantitative estimate of drug-likeness (QED) is 0.590. The predicted octanol–water partition coefficient (Wildman–Crippen LogP) is 4.53. The monoisotopic (exact) mass is 392 g/mol. The minimum Gasteiger partial charge on any atom is -0.376 e. The third-order valence-electron chi connectivity index (χ3n) is 4.97. The highest BCUT2D eigenvalue weighted by Crippen LogP contribution is 2.22. The van der Waals surface area contributed by atoms with Gasteiger partial charge >= 0.3 is 0 Å². The van der Waals surface area contributed by atoms with Crippen LogP contribution in [0.3, 0.4) is 0 Å². The van der Waals surface area contributed by atoms with Crippen LogP contribution < -0.4 is 10.6 Å². The molecule has 1 unspecified atom stereocenters. The van der Waals surface area contributed by atoms with Gasteiger partial charge in [0, 0.05) is 31.3 Å². The highest BCUT2D eigenvalue weighted by atomic mass is 19.1. The first-order valence-electron chi connectivity index (χ1n) is 10.1. The highest BCUT2D eigenvalue weighted by Gasteiger charge is 2.16. The van der Waals surface area contributed by atoms with E-state index >= 15 is 0 Å². The summed E-state index contributed by atoms with van der Waals surface area (Å²) >= 11 is 0. The van der Waals surface area contributed by atoms with Crippen molar-refractivity contribution < 1.29 is 9.13 Å². The summed E-state index contributed by atoms with van der Waals surface area (Å²) in [5.41, 5.74) is 2.55. The second-order valence-corrected chi connectivity index (χ2v) is 7.11. The molecule has 1 fully saturated rings. The zero-order valence-electron chi connectivity index (χ0n) is 16.3. The second kappa shape index (κ2) is 9.47. The summed E-state index contributed by atoms with van der Waals surface area (Å²) in [4.78, 5) is 9.26. The molecule has 1 aromatic heterocycles. The Morgan fingerprint density at radius 3 is 2.62 bits per heavy atom. The van der Waals surface area contributed by atoms with Crippen molar-refractivity contribution in [2.24, 2.45) is 0 Å². The number of nitrogens with zero attached hydrogens (tertiary/aromatic N) is 2. The summed E-state index contributed by atoms with van der Waals surface area (Å²) in [6.07, 6.45) is 2.94. The molecular formula is C23H25FN4O. The minimum atomic E-state index is -0.180. The smallest absolute Gasteiger partial charge is 0.225 e. The lowest BCUT2D eigenvalue weighted by Crippen LogP contribution is -2.20. The van der Waals surface area contributed by atoms with Gasteiger partial charge in [-0.1, -0.05) is 48.5 Å². The number of halogens is 1. The molecule has 150 valence electrons. The van der Waals surface area contributed by atoms with Crippen molar-refractivity contribution in [1.29, 1.82) is 0 Å². The predicted molar refractivity (Wildman–Crippen MR) is 114 cm³/mol. The minimum absolute atomic E-state index is 0.180. The van der Waals surface area contributed by atoms with Gasteiger partial charge in [0.15, 0.2) is 0 Å².